The molecule has 0 N–H and O–H groups in total. The monoisotopic (exact) mass is 342 g/mol. The predicted molar refractivity (Wildman–Crippen MR) is 95.9 cm³/mol. The van der Waals surface area contributed by atoms with E-state index in [1.54, 1.807) is 11.8 Å². The summed E-state index contributed by atoms with van der Waals surface area (Å²) in [7, 11) is 0. The number of rotatable bonds is 4. The van der Waals surface area contributed by atoms with E-state index in [2.05, 4.69) is 6.58 Å². The maximum absolute atomic E-state index is 12.9. The maximum atomic E-state index is 12.9. The zero-order chi connectivity index (χ0) is 17.8. The van der Waals surface area contributed by atoms with Gasteiger partial charge in [-0.25, -0.2) is 4.79 Å². The van der Waals surface area contributed by atoms with E-state index < -0.39 is 12.1 Å². The molecule has 0 saturated carbocycles. The minimum atomic E-state index is -0.482. The maximum Gasteiger partial charge on any atom is 0.410 e. The van der Waals surface area contributed by atoms with Crippen LogP contribution < -0.4 is 0 Å². The summed E-state index contributed by atoms with van der Waals surface area (Å²) in [6, 6.07) is 9.41. The van der Waals surface area contributed by atoms with Crippen LogP contribution in [0.3, 0.4) is 0 Å². The summed E-state index contributed by atoms with van der Waals surface area (Å²) in [6.07, 6.45) is 5.32. The molecule has 25 heavy (non-hydrogen) atoms. The van der Waals surface area contributed by atoms with Crippen molar-refractivity contribution < 1.29 is 14.3 Å². The van der Waals surface area contributed by atoms with Gasteiger partial charge < -0.3 is 9.64 Å². The van der Waals surface area contributed by atoms with Crippen molar-refractivity contribution in [1.29, 1.82) is 0 Å². The second kappa shape index (κ2) is 7.72. The molecule has 0 spiro atoms. The number of hydrogen-bond donors (Lipinski definition) is 0. The number of hydrogen-bond acceptors (Lipinski definition) is 3. The summed E-state index contributed by atoms with van der Waals surface area (Å²) in [6.45, 7) is 6.38. The molecule has 0 bridgehead atoms. The van der Waals surface area contributed by atoms with E-state index in [-0.39, 0.29) is 24.6 Å². The molecule has 1 aromatic rings. The van der Waals surface area contributed by atoms with Crippen molar-refractivity contribution >= 4 is 12.0 Å². The lowest BCUT2D eigenvalue weighted by atomic mass is 9.90. The van der Waals surface area contributed by atoms with Crippen molar-refractivity contribution in [2.45, 2.75) is 57.3 Å². The lowest BCUT2D eigenvalue weighted by molar-refractivity contribution is -0.150. The Morgan fingerprint density at radius 1 is 1.32 bits per heavy atom. The first kappa shape index (κ1) is 17.5. The second-order valence-electron chi connectivity index (χ2n) is 6.88. The summed E-state index contributed by atoms with van der Waals surface area (Å²) in [5.41, 5.74) is 0.942. The van der Waals surface area contributed by atoms with Gasteiger partial charge in [-0.15, -0.1) is 6.58 Å². The van der Waals surface area contributed by atoms with Crippen molar-refractivity contribution in [3.8, 4) is 0 Å². The summed E-state index contributed by atoms with van der Waals surface area (Å²) in [5, 5.41) is 0. The Balaban J connectivity index is 1.66. The zero-order valence-electron chi connectivity index (χ0n) is 14.8. The molecule has 0 aromatic heterocycles. The molecule has 134 valence electrons. The Morgan fingerprint density at radius 3 is 2.80 bits per heavy atom. The van der Waals surface area contributed by atoms with Crippen molar-refractivity contribution in [3.63, 3.8) is 0 Å². The van der Waals surface area contributed by atoms with Crippen LogP contribution in [0, 0.1) is 0 Å². The predicted octanol–water partition coefficient (Wildman–Crippen LogP) is 3.35. The van der Waals surface area contributed by atoms with E-state index in [1.807, 2.05) is 41.3 Å². The summed E-state index contributed by atoms with van der Waals surface area (Å²) in [4.78, 5) is 29.0. The van der Waals surface area contributed by atoms with Crippen LogP contribution in [0.15, 0.2) is 43.0 Å². The number of benzene rings is 1. The first-order chi connectivity index (χ1) is 12.1. The molecule has 1 aromatic carbocycles. The van der Waals surface area contributed by atoms with Gasteiger partial charge in [-0.2, -0.15) is 0 Å². The minimum Gasteiger partial charge on any atom is -0.445 e. The Morgan fingerprint density at radius 2 is 2.08 bits per heavy atom. The molecule has 2 amide bonds. The van der Waals surface area contributed by atoms with E-state index in [0.29, 0.717) is 6.54 Å². The molecular weight excluding hydrogens is 316 g/mol. The molecule has 0 unspecified atom stereocenters. The first-order valence-electron chi connectivity index (χ1n) is 9.02. The minimum absolute atomic E-state index is 0.0273. The molecule has 3 rings (SSSR count). The summed E-state index contributed by atoms with van der Waals surface area (Å²) >= 11 is 0. The Kier molecular flexibility index (Phi) is 5.41. The van der Waals surface area contributed by atoms with Gasteiger partial charge in [0.2, 0.25) is 5.91 Å². The molecule has 0 radical (unpaired) electrons. The van der Waals surface area contributed by atoms with Crippen molar-refractivity contribution in [1.82, 2.24) is 9.80 Å². The number of amides is 2. The van der Waals surface area contributed by atoms with Gasteiger partial charge in [0.25, 0.3) is 0 Å². The van der Waals surface area contributed by atoms with Gasteiger partial charge in [0.15, 0.2) is 0 Å². The molecule has 2 heterocycles. The lowest BCUT2D eigenvalue weighted by Gasteiger charge is -2.50. The van der Waals surface area contributed by atoms with Crippen LogP contribution in [0.1, 0.15) is 38.2 Å². The van der Waals surface area contributed by atoms with Crippen LogP contribution in [-0.2, 0) is 16.1 Å². The first-order valence-corrected chi connectivity index (χ1v) is 9.02. The third-order valence-electron chi connectivity index (χ3n) is 5.23. The highest BCUT2D eigenvalue weighted by atomic mass is 16.6. The molecular formula is C20H26N2O3. The van der Waals surface area contributed by atoms with Gasteiger partial charge in [0.1, 0.15) is 12.6 Å². The van der Waals surface area contributed by atoms with Crippen LogP contribution in [0.4, 0.5) is 4.79 Å². The van der Waals surface area contributed by atoms with Crippen molar-refractivity contribution in [3.05, 3.63) is 48.6 Å². The SMILES string of the molecule is C=CC[C@H]1CCC[C@H]2CN(C(=O)OCc3ccccc3)[C@@H](C)C(=O)N12. The smallest absolute Gasteiger partial charge is 0.410 e. The van der Waals surface area contributed by atoms with E-state index >= 15 is 0 Å². The number of ether oxygens (including phenoxy) is 1. The second-order valence-corrected chi connectivity index (χ2v) is 6.88. The highest BCUT2D eigenvalue weighted by Gasteiger charge is 2.44. The van der Waals surface area contributed by atoms with E-state index in [9.17, 15) is 9.59 Å². The van der Waals surface area contributed by atoms with E-state index in [4.69, 9.17) is 4.74 Å². The lowest BCUT2D eigenvalue weighted by Crippen LogP contribution is -2.65. The molecule has 2 saturated heterocycles. The molecule has 5 heteroatoms. The number of piperidine rings is 1. The number of nitrogens with zero attached hydrogens (tertiary/aromatic N) is 2. The van der Waals surface area contributed by atoms with Crippen LogP contribution in [0.2, 0.25) is 0 Å². The van der Waals surface area contributed by atoms with Gasteiger partial charge in [0.05, 0.1) is 0 Å². The Labute approximate surface area is 149 Å². The molecule has 2 aliphatic heterocycles. The number of carbonyl (C=O) groups excluding carboxylic acids is 2. The average Bonchev–Trinajstić information content (AvgIpc) is 2.64. The Hall–Kier alpha value is -2.30. The summed E-state index contributed by atoms with van der Waals surface area (Å²) in [5.74, 6) is 0.0273. The van der Waals surface area contributed by atoms with Gasteiger partial charge >= 0.3 is 6.09 Å². The fraction of sp³-hybridized carbons (Fsp3) is 0.500. The molecule has 2 aliphatic rings. The van der Waals surface area contributed by atoms with Gasteiger partial charge in [0, 0.05) is 18.6 Å². The molecule has 0 aliphatic carbocycles. The van der Waals surface area contributed by atoms with Crippen molar-refractivity contribution in [2.75, 3.05) is 6.54 Å². The summed E-state index contributed by atoms with van der Waals surface area (Å²) < 4.78 is 5.44. The van der Waals surface area contributed by atoms with Crippen LogP contribution >= 0.6 is 0 Å². The van der Waals surface area contributed by atoms with Crippen LogP contribution in [0.5, 0.6) is 0 Å². The largest absolute Gasteiger partial charge is 0.445 e. The van der Waals surface area contributed by atoms with Gasteiger partial charge in [-0.3, -0.25) is 9.69 Å². The topological polar surface area (TPSA) is 49.9 Å². The number of fused-ring (bicyclic) bond motifs is 1. The fourth-order valence-electron chi connectivity index (χ4n) is 3.90. The Bertz CT molecular complexity index is 631. The van der Waals surface area contributed by atoms with Crippen LogP contribution in [0.25, 0.3) is 0 Å². The molecule has 2 fully saturated rings. The normalized spacial score (nSPS) is 26.1. The molecule has 3 atom stereocenters. The zero-order valence-corrected chi connectivity index (χ0v) is 14.8. The standard InChI is InChI=1S/C20H26N2O3/c1-3-8-17-11-7-12-18-13-21(15(2)19(23)22(17)18)20(24)25-14-16-9-5-4-6-10-16/h3-6,9-10,15,17-18H,1,7-8,11-14H2,2H3/t15-,17-,18-/m0/s1. The van der Waals surface area contributed by atoms with E-state index in [0.717, 1.165) is 31.2 Å². The third kappa shape index (κ3) is 3.70. The highest BCUT2D eigenvalue weighted by molar-refractivity contribution is 5.87. The quantitative estimate of drug-likeness (QED) is 0.789. The number of piperazine rings is 1. The van der Waals surface area contributed by atoms with Crippen LogP contribution in [-0.4, -0.2) is 46.5 Å². The third-order valence-corrected chi connectivity index (χ3v) is 5.23. The fourth-order valence-corrected chi connectivity index (χ4v) is 3.90. The molecule has 5 nitrogen and oxygen atoms in total. The average molecular weight is 342 g/mol. The van der Waals surface area contributed by atoms with Crippen molar-refractivity contribution in [2.24, 2.45) is 0 Å². The van der Waals surface area contributed by atoms with Gasteiger partial charge in [-0.05, 0) is 38.2 Å². The van der Waals surface area contributed by atoms with E-state index in [1.165, 1.54) is 0 Å². The van der Waals surface area contributed by atoms with Gasteiger partial charge in [-0.1, -0.05) is 36.4 Å². The highest BCUT2D eigenvalue weighted by Crippen LogP contribution is 2.31. The number of carbonyl (C=O) groups is 2.